The molecule has 3 aromatic heterocycles. The van der Waals surface area contributed by atoms with Gasteiger partial charge in [0, 0.05) is 31.2 Å². The van der Waals surface area contributed by atoms with E-state index in [1.807, 2.05) is 12.1 Å². The predicted octanol–water partition coefficient (Wildman–Crippen LogP) is 2.29. The summed E-state index contributed by atoms with van der Waals surface area (Å²) in [5.41, 5.74) is 1.85. The lowest BCUT2D eigenvalue weighted by Gasteiger charge is -2.03. The maximum absolute atomic E-state index is 12.1. The van der Waals surface area contributed by atoms with Gasteiger partial charge >= 0.3 is 5.97 Å². The van der Waals surface area contributed by atoms with E-state index in [-0.39, 0.29) is 0 Å². The molecular formula is C14H11BrN4O2. The number of carbonyl (C=O) groups excluding carboxylic acids is 1. The molecule has 3 aromatic rings. The summed E-state index contributed by atoms with van der Waals surface area (Å²) in [5.74, 6) is -0.427. The number of esters is 1. The summed E-state index contributed by atoms with van der Waals surface area (Å²) >= 11 is 3.30. The van der Waals surface area contributed by atoms with Gasteiger partial charge < -0.3 is 4.74 Å². The highest BCUT2D eigenvalue weighted by atomic mass is 79.9. The zero-order chi connectivity index (χ0) is 14.7. The topological polar surface area (TPSA) is 69.4 Å². The smallest absolute Gasteiger partial charge is 0.343 e. The molecule has 6 nitrogen and oxygen atoms in total. The molecule has 0 saturated heterocycles. The van der Waals surface area contributed by atoms with Crippen LogP contribution in [-0.2, 0) is 11.2 Å². The van der Waals surface area contributed by atoms with Crippen LogP contribution in [0.25, 0.3) is 5.65 Å². The van der Waals surface area contributed by atoms with E-state index in [0.717, 1.165) is 10.0 Å². The molecule has 0 spiro atoms. The van der Waals surface area contributed by atoms with E-state index in [1.165, 1.54) is 10.7 Å². The molecule has 0 aliphatic heterocycles. The van der Waals surface area contributed by atoms with Crippen molar-refractivity contribution in [3.8, 4) is 0 Å². The van der Waals surface area contributed by atoms with Gasteiger partial charge in [0.1, 0.15) is 5.56 Å². The minimum absolute atomic E-state index is 0.290. The highest BCUT2D eigenvalue weighted by Crippen LogP contribution is 2.13. The van der Waals surface area contributed by atoms with Gasteiger partial charge in [-0.25, -0.2) is 14.3 Å². The number of hydrogen-bond donors (Lipinski definition) is 0. The molecular weight excluding hydrogens is 336 g/mol. The van der Waals surface area contributed by atoms with E-state index in [1.54, 1.807) is 24.8 Å². The second-order valence-electron chi connectivity index (χ2n) is 4.35. The molecule has 21 heavy (non-hydrogen) atoms. The Balaban J connectivity index is 1.67. The van der Waals surface area contributed by atoms with Crippen molar-refractivity contribution < 1.29 is 9.53 Å². The SMILES string of the molecule is O=C(OCCc1cccnc1)c1cnn2cc(Br)cnc12. The normalized spacial score (nSPS) is 10.7. The van der Waals surface area contributed by atoms with Crippen LogP contribution in [0.15, 0.2) is 47.6 Å². The van der Waals surface area contributed by atoms with Crippen LogP contribution in [0.3, 0.4) is 0 Å². The zero-order valence-electron chi connectivity index (χ0n) is 10.9. The molecule has 0 fully saturated rings. The first-order chi connectivity index (χ1) is 10.2. The Hall–Kier alpha value is -2.28. The lowest BCUT2D eigenvalue weighted by Crippen LogP contribution is -2.08. The molecule has 0 aliphatic carbocycles. The third kappa shape index (κ3) is 3.08. The van der Waals surface area contributed by atoms with Crippen molar-refractivity contribution in [3.05, 3.63) is 58.7 Å². The Labute approximate surface area is 128 Å². The van der Waals surface area contributed by atoms with E-state index in [2.05, 4.69) is 31.0 Å². The number of aromatic nitrogens is 4. The summed E-state index contributed by atoms with van der Waals surface area (Å²) in [6.07, 6.45) is 8.89. The third-order valence-electron chi connectivity index (χ3n) is 2.89. The largest absolute Gasteiger partial charge is 0.462 e. The number of pyridine rings is 1. The monoisotopic (exact) mass is 346 g/mol. The van der Waals surface area contributed by atoms with Gasteiger partial charge in [0.05, 0.1) is 17.3 Å². The number of halogens is 1. The minimum atomic E-state index is -0.427. The van der Waals surface area contributed by atoms with Gasteiger partial charge in [0.15, 0.2) is 5.65 Å². The minimum Gasteiger partial charge on any atom is -0.462 e. The van der Waals surface area contributed by atoms with Crippen LogP contribution in [0.5, 0.6) is 0 Å². The maximum Gasteiger partial charge on any atom is 0.343 e. The van der Waals surface area contributed by atoms with Crippen LogP contribution in [0.4, 0.5) is 0 Å². The fourth-order valence-electron chi connectivity index (χ4n) is 1.88. The van der Waals surface area contributed by atoms with Crippen LogP contribution in [0, 0.1) is 0 Å². The van der Waals surface area contributed by atoms with Crippen molar-refractivity contribution in [1.29, 1.82) is 0 Å². The molecule has 7 heteroatoms. The average Bonchev–Trinajstić information content (AvgIpc) is 2.91. The Morgan fingerprint density at radius 3 is 3.05 bits per heavy atom. The van der Waals surface area contributed by atoms with E-state index < -0.39 is 5.97 Å². The highest BCUT2D eigenvalue weighted by molar-refractivity contribution is 9.10. The number of ether oxygens (including phenoxy) is 1. The standard InChI is InChI=1S/C14H11BrN4O2/c15-11-7-17-13-12(8-18-19(13)9-11)14(20)21-5-3-10-2-1-4-16-6-10/h1-2,4,6-9H,3,5H2. The molecule has 3 rings (SSSR count). The fourth-order valence-corrected chi connectivity index (χ4v) is 2.18. The average molecular weight is 347 g/mol. The lowest BCUT2D eigenvalue weighted by atomic mass is 10.2. The van der Waals surface area contributed by atoms with Crippen molar-refractivity contribution in [2.45, 2.75) is 6.42 Å². The Bertz CT molecular complexity index is 773. The maximum atomic E-state index is 12.1. The second-order valence-corrected chi connectivity index (χ2v) is 5.26. The van der Waals surface area contributed by atoms with Crippen molar-refractivity contribution in [2.75, 3.05) is 6.61 Å². The molecule has 0 bridgehead atoms. The van der Waals surface area contributed by atoms with E-state index >= 15 is 0 Å². The van der Waals surface area contributed by atoms with Crippen molar-refractivity contribution in [3.63, 3.8) is 0 Å². The third-order valence-corrected chi connectivity index (χ3v) is 3.30. The van der Waals surface area contributed by atoms with Gasteiger partial charge in [-0.15, -0.1) is 0 Å². The van der Waals surface area contributed by atoms with Crippen molar-refractivity contribution in [2.24, 2.45) is 0 Å². The zero-order valence-corrected chi connectivity index (χ0v) is 12.5. The molecule has 0 N–H and O–H groups in total. The first-order valence-corrected chi connectivity index (χ1v) is 7.08. The molecule has 0 amide bonds. The van der Waals surface area contributed by atoms with E-state index in [0.29, 0.717) is 24.2 Å². The van der Waals surface area contributed by atoms with E-state index in [4.69, 9.17) is 4.74 Å². The Morgan fingerprint density at radius 2 is 2.24 bits per heavy atom. The van der Waals surface area contributed by atoms with Gasteiger partial charge in [0.25, 0.3) is 0 Å². The summed E-state index contributed by atoms with van der Waals surface area (Å²) < 4.78 is 7.57. The number of carbonyl (C=O) groups is 1. The van der Waals surface area contributed by atoms with Crippen molar-refractivity contribution in [1.82, 2.24) is 19.6 Å². The highest BCUT2D eigenvalue weighted by Gasteiger charge is 2.15. The van der Waals surface area contributed by atoms with Gasteiger partial charge in [0.2, 0.25) is 0 Å². The molecule has 0 atom stereocenters. The lowest BCUT2D eigenvalue weighted by molar-refractivity contribution is 0.0511. The van der Waals surface area contributed by atoms with Crippen LogP contribution in [0.2, 0.25) is 0 Å². The second kappa shape index (κ2) is 6.01. The van der Waals surface area contributed by atoms with Gasteiger partial charge in [-0.3, -0.25) is 4.98 Å². The Morgan fingerprint density at radius 1 is 1.33 bits per heavy atom. The van der Waals surface area contributed by atoms with Crippen LogP contribution in [0.1, 0.15) is 15.9 Å². The number of rotatable bonds is 4. The summed E-state index contributed by atoms with van der Waals surface area (Å²) in [5, 5.41) is 4.08. The molecule has 0 radical (unpaired) electrons. The molecule has 0 aliphatic rings. The van der Waals surface area contributed by atoms with Crippen LogP contribution >= 0.6 is 15.9 Å². The van der Waals surface area contributed by atoms with Gasteiger partial charge in [-0.1, -0.05) is 6.07 Å². The number of nitrogens with zero attached hydrogens (tertiary/aromatic N) is 4. The van der Waals surface area contributed by atoms with Crippen molar-refractivity contribution >= 4 is 27.5 Å². The summed E-state index contributed by atoms with van der Waals surface area (Å²) in [6.45, 7) is 0.290. The first-order valence-electron chi connectivity index (χ1n) is 6.29. The predicted molar refractivity (Wildman–Crippen MR) is 78.9 cm³/mol. The van der Waals surface area contributed by atoms with Gasteiger partial charge in [-0.05, 0) is 27.6 Å². The summed E-state index contributed by atoms with van der Waals surface area (Å²) in [6, 6.07) is 3.79. The Kier molecular flexibility index (Phi) is 3.92. The summed E-state index contributed by atoms with van der Waals surface area (Å²) in [7, 11) is 0. The quantitative estimate of drug-likeness (QED) is 0.678. The molecule has 0 unspecified atom stereocenters. The van der Waals surface area contributed by atoms with Crippen LogP contribution < -0.4 is 0 Å². The number of fused-ring (bicyclic) bond motifs is 1. The van der Waals surface area contributed by atoms with Crippen LogP contribution in [-0.4, -0.2) is 32.2 Å². The first kappa shape index (κ1) is 13.7. The summed E-state index contributed by atoms with van der Waals surface area (Å²) in [4.78, 5) is 20.2. The molecule has 0 saturated carbocycles. The number of hydrogen-bond acceptors (Lipinski definition) is 5. The fraction of sp³-hybridized carbons (Fsp3) is 0.143. The molecule has 3 heterocycles. The van der Waals surface area contributed by atoms with Gasteiger partial charge in [-0.2, -0.15) is 5.10 Å². The molecule has 0 aromatic carbocycles. The van der Waals surface area contributed by atoms with E-state index in [9.17, 15) is 4.79 Å². The molecule has 106 valence electrons.